The first-order valence-corrected chi connectivity index (χ1v) is 32.1. The van der Waals surface area contributed by atoms with E-state index < -0.39 is 6.10 Å². The second-order valence-corrected chi connectivity index (χ2v) is 21.3. The van der Waals surface area contributed by atoms with Gasteiger partial charge in [0, 0.05) is 19.3 Å². The van der Waals surface area contributed by atoms with Crippen LogP contribution in [0.3, 0.4) is 0 Å². The summed E-state index contributed by atoms with van der Waals surface area (Å²) in [4.78, 5) is 38.3. The van der Waals surface area contributed by atoms with E-state index in [-0.39, 0.29) is 31.1 Å². The molecule has 0 radical (unpaired) electrons. The molecular formula is C69H120O6. The van der Waals surface area contributed by atoms with Gasteiger partial charge in [0.2, 0.25) is 0 Å². The molecule has 0 saturated heterocycles. The number of carbonyl (C=O) groups excluding carboxylic acids is 3. The van der Waals surface area contributed by atoms with E-state index in [1.807, 2.05) is 0 Å². The van der Waals surface area contributed by atoms with Crippen molar-refractivity contribution in [2.75, 3.05) is 13.2 Å². The van der Waals surface area contributed by atoms with Crippen LogP contribution in [0.15, 0.2) is 85.1 Å². The summed E-state index contributed by atoms with van der Waals surface area (Å²) >= 11 is 0. The lowest BCUT2D eigenvalue weighted by molar-refractivity contribution is -0.167. The average Bonchev–Trinajstić information content (AvgIpc) is 3.41. The monoisotopic (exact) mass is 1040 g/mol. The van der Waals surface area contributed by atoms with E-state index in [0.29, 0.717) is 19.3 Å². The summed E-state index contributed by atoms with van der Waals surface area (Å²) in [7, 11) is 0. The summed E-state index contributed by atoms with van der Waals surface area (Å²) in [5.41, 5.74) is 0. The highest BCUT2D eigenvalue weighted by atomic mass is 16.6. The van der Waals surface area contributed by atoms with Crippen LogP contribution in [0.2, 0.25) is 0 Å². The van der Waals surface area contributed by atoms with Gasteiger partial charge in [0.25, 0.3) is 0 Å². The largest absolute Gasteiger partial charge is 0.462 e. The molecule has 0 aromatic heterocycles. The highest BCUT2D eigenvalue weighted by molar-refractivity contribution is 5.71. The zero-order chi connectivity index (χ0) is 54.3. The smallest absolute Gasteiger partial charge is 0.306 e. The maximum Gasteiger partial charge on any atom is 0.306 e. The number of allylic oxidation sites excluding steroid dienone is 14. The third-order valence-corrected chi connectivity index (χ3v) is 13.9. The second kappa shape index (κ2) is 63.1. The topological polar surface area (TPSA) is 78.9 Å². The Labute approximate surface area is 465 Å². The molecule has 0 aromatic carbocycles. The highest BCUT2D eigenvalue weighted by Gasteiger charge is 2.19. The zero-order valence-corrected chi connectivity index (χ0v) is 49.6. The maximum atomic E-state index is 12.9. The lowest BCUT2D eigenvalue weighted by Crippen LogP contribution is -2.30. The molecule has 6 nitrogen and oxygen atoms in total. The Bertz CT molecular complexity index is 1430. The third kappa shape index (κ3) is 61.3. The molecule has 0 amide bonds. The Hall–Kier alpha value is -3.41. The number of ether oxygens (including phenoxy) is 3. The van der Waals surface area contributed by atoms with Gasteiger partial charge >= 0.3 is 17.9 Å². The summed E-state index contributed by atoms with van der Waals surface area (Å²) in [5.74, 6) is -0.911. The maximum absolute atomic E-state index is 12.9. The van der Waals surface area contributed by atoms with E-state index in [1.54, 1.807) is 0 Å². The fourth-order valence-electron chi connectivity index (χ4n) is 9.05. The minimum atomic E-state index is -0.792. The third-order valence-electron chi connectivity index (χ3n) is 13.9. The molecule has 1 atom stereocenters. The van der Waals surface area contributed by atoms with Crippen LogP contribution >= 0.6 is 0 Å². The van der Waals surface area contributed by atoms with E-state index in [1.165, 1.54) is 180 Å². The average molecular weight is 1050 g/mol. The van der Waals surface area contributed by atoms with Crippen LogP contribution in [0.4, 0.5) is 0 Å². The first-order valence-electron chi connectivity index (χ1n) is 32.1. The molecule has 0 heterocycles. The fraction of sp³-hybridized carbons (Fsp3) is 0.754. The minimum Gasteiger partial charge on any atom is -0.462 e. The standard InChI is InChI=1S/C69H120O6/c1-4-7-10-13-16-19-22-25-27-29-31-32-33-34-35-36-38-39-41-44-47-50-53-56-59-62-68(71)74-65-66(64-73-67(70)61-58-55-52-49-46-43-24-21-18-15-12-9-6-3)75-69(72)63-60-57-54-51-48-45-42-40-37-30-28-26-23-20-17-14-11-8-5-2/h9,12,17-18,20-22,25-26,28-29,31,43,46,66H,4-8,10-11,13-16,19,23-24,27,30,32-42,44-45,47-65H2,1-3H3/b12-9-,20-17-,21-18-,25-22-,28-26-,31-29-,46-43-. The molecule has 0 fully saturated rings. The van der Waals surface area contributed by atoms with E-state index >= 15 is 0 Å². The molecule has 1 unspecified atom stereocenters. The predicted molar refractivity (Wildman–Crippen MR) is 325 cm³/mol. The van der Waals surface area contributed by atoms with Crippen LogP contribution in [0.5, 0.6) is 0 Å². The van der Waals surface area contributed by atoms with Gasteiger partial charge in [0.1, 0.15) is 13.2 Å². The van der Waals surface area contributed by atoms with Crippen LogP contribution in [0, 0.1) is 0 Å². The SMILES string of the molecule is CC/C=C\C/C=C\C/C=C\CCCCCC(=O)OCC(COC(=O)CCCCCCCCCCCCCCC/C=C\C/C=C\CCCCCCC)OC(=O)CCCCCCCCCCC/C=C\C/C=C\CCCCC. The van der Waals surface area contributed by atoms with Crippen molar-refractivity contribution < 1.29 is 28.6 Å². The number of rotatable bonds is 58. The Kier molecular flexibility index (Phi) is 60.3. The van der Waals surface area contributed by atoms with Crippen LogP contribution in [0.1, 0.15) is 316 Å². The summed E-state index contributed by atoms with van der Waals surface area (Å²) in [6.45, 7) is 6.49. The van der Waals surface area contributed by atoms with Crippen LogP contribution in [0.25, 0.3) is 0 Å². The van der Waals surface area contributed by atoms with Crippen molar-refractivity contribution in [1.82, 2.24) is 0 Å². The van der Waals surface area contributed by atoms with Crippen molar-refractivity contribution in [3.8, 4) is 0 Å². The lowest BCUT2D eigenvalue weighted by Gasteiger charge is -2.18. The fourth-order valence-corrected chi connectivity index (χ4v) is 9.05. The summed E-state index contributed by atoms with van der Waals surface area (Å²) in [6.07, 6.45) is 83.1. The molecule has 0 N–H and O–H groups in total. The molecule has 0 bridgehead atoms. The van der Waals surface area contributed by atoms with Gasteiger partial charge < -0.3 is 14.2 Å². The molecule has 0 aliphatic carbocycles. The molecule has 75 heavy (non-hydrogen) atoms. The van der Waals surface area contributed by atoms with Crippen molar-refractivity contribution in [3.05, 3.63) is 85.1 Å². The van der Waals surface area contributed by atoms with E-state index in [4.69, 9.17) is 14.2 Å². The molecule has 0 aromatic rings. The summed E-state index contributed by atoms with van der Waals surface area (Å²) in [5, 5.41) is 0. The first kappa shape index (κ1) is 71.6. The van der Waals surface area contributed by atoms with Gasteiger partial charge in [0.05, 0.1) is 0 Å². The van der Waals surface area contributed by atoms with Crippen LogP contribution < -0.4 is 0 Å². The number of unbranched alkanes of at least 4 members (excludes halogenated alkanes) is 33. The lowest BCUT2D eigenvalue weighted by atomic mass is 10.0. The van der Waals surface area contributed by atoms with Crippen molar-refractivity contribution in [2.24, 2.45) is 0 Å². The molecule has 0 rings (SSSR count). The summed E-state index contributed by atoms with van der Waals surface area (Å²) < 4.78 is 16.9. The van der Waals surface area contributed by atoms with Gasteiger partial charge in [-0.2, -0.15) is 0 Å². The normalized spacial score (nSPS) is 12.6. The predicted octanol–water partition coefficient (Wildman–Crippen LogP) is 21.9. The molecule has 0 spiro atoms. The van der Waals surface area contributed by atoms with E-state index in [9.17, 15) is 14.4 Å². The van der Waals surface area contributed by atoms with E-state index in [0.717, 1.165) is 96.3 Å². The van der Waals surface area contributed by atoms with Crippen molar-refractivity contribution in [2.45, 2.75) is 322 Å². The molecule has 0 aliphatic rings. The molecule has 0 saturated carbocycles. The quantitative estimate of drug-likeness (QED) is 0.0261. The van der Waals surface area contributed by atoms with Crippen molar-refractivity contribution >= 4 is 17.9 Å². The van der Waals surface area contributed by atoms with Gasteiger partial charge in [-0.25, -0.2) is 0 Å². The van der Waals surface area contributed by atoms with Gasteiger partial charge in [-0.1, -0.05) is 266 Å². The number of hydrogen-bond donors (Lipinski definition) is 0. The van der Waals surface area contributed by atoms with Crippen molar-refractivity contribution in [1.29, 1.82) is 0 Å². The van der Waals surface area contributed by atoms with Crippen LogP contribution in [-0.4, -0.2) is 37.2 Å². The molecule has 6 heteroatoms. The van der Waals surface area contributed by atoms with Gasteiger partial charge in [-0.3, -0.25) is 14.4 Å². The van der Waals surface area contributed by atoms with Gasteiger partial charge in [-0.05, 0) is 116 Å². The number of esters is 3. The number of hydrogen-bond acceptors (Lipinski definition) is 6. The Morgan fingerprint density at radius 1 is 0.280 bits per heavy atom. The first-order chi connectivity index (χ1) is 37.0. The van der Waals surface area contributed by atoms with Crippen molar-refractivity contribution in [3.63, 3.8) is 0 Å². The molecule has 432 valence electrons. The van der Waals surface area contributed by atoms with Gasteiger partial charge in [0.15, 0.2) is 6.10 Å². The summed E-state index contributed by atoms with van der Waals surface area (Å²) in [6, 6.07) is 0. The number of carbonyl (C=O) groups is 3. The Morgan fingerprint density at radius 3 is 0.853 bits per heavy atom. The second-order valence-electron chi connectivity index (χ2n) is 21.3. The van der Waals surface area contributed by atoms with E-state index in [2.05, 4.69) is 106 Å². The van der Waals surface area contributed by atoms with Crippen LogP contribution in [-0.2, 0) is 28.6 Å². The zero-order valence-electron chi connectivity index (χ0n) is 49.6. The van der Waals surface area contributed by atoms with Gasteiger partial charge in [-0.15, -0.1) is 0 Å². The molecular weight excluding hydrogens is 925 g/mol. The minimum absolute atomic E-state index is 0.0869. The highest BCUT2D eigenvalue weighted by Crippen LogP contribution is 2.16. The molecule has 0 aliphatic heterocycles. The Balaban J connectivity index is 4.31. The Morgan fingerprint density at radius 2 is 0.520 bits per heavy atom.